The Morgan fingerprint density at radius 3 is 1.85 bits per heavy atom. The van der Waals surface area contributed by atoms with Crippen LogP contribution in [0.1, 0.15) is 76.0 Å². The summed E-state index contributed by atoms with van der Waals surface area (Å²) in [4.78, 5) is 4.90. The summed E-state index contributed by atoms with van der Waals surface area (Å²) in [6, 6.07) is 70.5. The molecule has 0 unspecified atom stereocenters. The fraction of sp³-hybridized carbons (Fsp3) is 0.273. The van der Waals surface area contributed by atoms with Crippen molar-refractivity contribution in [3.05, 3.63) is 187 Å². The number of nitrogens with zero attached hydrogens (tertiary/aromatic N) is 4. The second-order valence-electron chi connectivity index (χ2n) is 23.0. The average molecular weight is 1180 g/mol. The zero-order valence-electron chi connectivity index (χ0n) is 42.8. The van der Waals surface area contributed by atoms with E-state index in [0.717, 1.165) is 44.3 Å². The molecule has 2 saturated heterocycles. The molecule has 8 heteroatoms. The van der Waals surface area contributed by atoms with Crippen molar-refractivity contribution < 1.29 is 30.4 Å². The molecule has 7 heterocycles. The molecule has 0 bridgehead atoms. The molecule has 0 amide bonds. The van der Waals surface area contributed by atoms with Gasteiger partial charge in [0.25, 0.3) is 6.33 Å². The van der Waals surface area contributed by atoms with Crippen molar-refractivity contribution in [3.8, 4) is 50.9 Å². The number of hydrogen-bond acceptors (Lipinski definition) is 2. The number of para-hydroxylation sites is 4. The topological polar surface area (TPSA) is 35.9 Å². The van der Waals surface area contributed by atoms with E-state index in [9.17, 15) is 0 Å². The number of ether oxygens (including phenoxy) is 1. The molecular formula is C66H62N4OPtSi2-2. The summed E-state index contributed by atoms with van der Waals surface area (Å²) in [5, 5.41) is 5.77. The Labute approximate surface area is 452 Å². The van der Waals surface area contributed by atoms with Crippen LogP contribution in [0, 0.1) is 18.5 Å². The Morgan fingerprint density at radius 2 is 1.18 bits per heavy atom. The predicted molar refractivity (Wildman–Crippen MR) is 304 cm³/mol. The zero-order chi connectivity index (χ0) is 48.9. The second kappa shape index (κ2) is 18.6. The van der Waals surface area contributed by atoms with Crippen LogP contribution in [0.3, 0.4) is 0 Å². The fourth-order valence-electron chi connectivity index (χ4n) is 14.2. The van der Waals surface area contributed by atoms with E-state index in [1.807, 2.05) is 18.3 Å². The van der Waals surface area contributed by atoms with Crippen molar-refractivity contribution in [1.82, 2.24) is 14.1 Å². The summed E-state index contributed by atoms with van der Waals surface area (Å²) in [5.74, 6) is 2.09. The van der Waals surface area contributed by atoms with Crippen LogP contribution in [-0.2, 0) is 39.3 Å². The van der Waals surface area contributed by atoms with Gasteiger partial charge in [0.15, 0.2) is 0 Å². The molecule has 0 aliphatic carbocycles. The van der Waals surface area contributed by atoms with Crippen LogP contribution in [0.5, 0.6) is 11.5 Å². The molecule has 74 heavy (non-hydrogen) atoms. The Balaban J connectivity index is 0.00000528. The first kappa shape index (κ1) is 47.6. The molecule has 0 atom stereocenters. The molecule has 14 rings (SSSR count). The van der Waals surface area contributed by atoms with Gasteiger partial charge in [0.1, 0.15) is 5.82 Å². The summed E-state index contributed by atoms with van der Waals surface area (Å²) in [5.41, 5.74) is 15.7. The van der Waals surface area contributed by atoms with Crippen LogP contribution in [0.15, 0.2) is 152 Å². The third kappa shape index (κ3) is 7.94. The van der Waals surface area contributed by atoms with Crippen molar-refractivity contribution in [1.29, 1.82) is 0 Å². The van der Waals surface area contributed by atoms with E-state index in [1.54, 1.807) is 21.5 Å². The zero-order valence-corrected chi connectivity index (χ0v) is 47.1. The molecule has 10 aromatic rings. The number of aromatic nitrogens is 4. The normalized spacial score (nSPS) is 16.7. The molecule has 372 valence electrons. The molecule has 0 N–H and O–H groups in total. The van der Waals surface area contributed by atoms with Crippen LogP contribution >= 0.6 is 0 Å². The van der Waals surface area contributed by atoms with Crippen LogP contribution in [0.25, 0.3) is 72.3 Å². The smallest absolute Gasteiger partial charge is 0.268 e. The molecule has 2 spiro atoms. The van der Waals surface area contributed by atoms with E-state index in [2.05, 4.69) is 186 Å². The van der Waals surface area contributed by atoms with Gasteiger partial charge in [-0.2, -0.15) is 18.2 Å². The minimum Gasteiger partial charge on any atom is -0.510 e. The third-order valence-electron chi connectivity index (χ3n) is 17.7. The third-order valence-corrected chi connectivity index (χ3v) is 28.9. The van der Waals surface area contributed by atoms with E-state index in [0.29, 0.717) is 11.5 Å². The summed E-state index contributed by atoms with van der Waals surface area (Å²) >= 11 is 0. The van der Waals surface area contributed by atoms with Gasteiger partial charge in [-0.25, -0.2) is 4.98 Å². The SMILES string of the molecule is CC(C)(C)c1ccnc(-n2c3[c-]c(Oc4[c-]c(-n5[c-][n+](-c6c(-c7ccc8c(c7)CCC[Si]87CCCC7)cccc6-c6ccc7c(c6)CCC[Si]76CCCC6)c6ccccc65)ccc4)ccc3c3ccccc32)c1.[Pt]. The summed E-state index contributed by atoms with van der Waals surface area (Å²) < 4.78 is 13.5. The van der Waals surface area contributed by atoms with Gasteiger partial charge in [0.05, 0.1) is 32.9 Å². The predicted octanol–water partition coefficient (Wildman–Crippen LogP) is 15.0. The molecule has 2 fully saturated rings. The molecule has 5 nitrogen and oxygen atoms in total. The van der Waals surface area contributed by atoms with Gasteiger partial charge < -0.3 is 13.9 Å². The maximum Gasteiger partial charge on any atom is 0.268 e. The van der Waals surface area contributed by atoms with Gasteiger partial charge in [-0.3, -0.25) is 4.57 Å². The van der Waals surface area contributed by atoms with E-state index in [-0.39, 0.29) is 26.5 Å². The van der Waals surface area contributed by atoms with Crippen LogP contribution in [0.4, 0.5) is 0 Å². The van der Waals surface area contributed by atoms with Crippen molar-refractivity contribution in [2.24, 2.45) is 0 Å². The van der Waals surface area contributed by atoms with Crippen LogP contribution in [0.2, 0.25) is 36.3 Å². The molecule has 4 aliphatic heterocycles. The number of fused-ring (bicyclic) bond motifs is 8. The standard InChI is InChI=1S/C66H62N4OSi2.Pt/c1-66(2,3)50-32-33-67-64(42-50)70-58-23-5-4-20-56(58)57-29-28-53(44-61(57)70)71-52-19-12-18-51(43-52)68-45-69(60-25-7-6-24-59(60)68)65-54(46-26-30-62-48(40-46)16-14-38-72(62)34-8-9-35-72)21-13-22-55(65)47-27-31-63-49(41-47)17-15-39-73(63)36-10-11-37-73;/h4-7,12-13,18-33,40-42H,8-11,14-17,34-39H2,1-3H3;/q-2;. The number of benzene rings is 7. The van der Waals surface area contributed by atoms with Crippen molar-refractivity contribution in [2.75, 3.05) is 0 Å². The minimum absolute atomic E-state index is 0. The van der Waals surface area contributed by atoms with Gasteiger partial charge in [-0.15, -0.1) is 29.7 Å². The molecule has 0 saturated carbocycles. The van der Waals surface area contributed by atoms with Crippen LogP contribution < -0.4 is 19.7 Å². The van der Waals surface area contributed by atoms with Gasteiger partial charge in [-0.05, 0) is 86.5 Å². The van der Waals surface area contributed by atoms with Gasteiger partial charge in [0.2, 0.25) is 0 Å². The van der Waals surface area contributed by atoms with Crippen molar-refractivity contribution >= 4 is 59.4 Å². The number of hydrogen-bond donors (Lipinski definition) is 0. The summed E-state index contributed by atoms with van der Waals surface area (Å²) in [7, 11) is -2.82. The Kier molecular flexibility index (Phi) is 12.0. The molecular weight excluding hydrogens is 1120 g/mol. The monoisotopic (exact) mass is 1180 g/mol. The summed E-state index contributed by atoms with van der Waals surface area (Å²) in [6.07, 6.45) is 16.6. The average Bonchev–Trinajstić information content (AvgIpc) is 4.24. The van der Waals surface area contributed by atoms with Crippen molar-refractivity contribution in [3.63, 3.8) is 0 Å². The Morgan fingerprint density at radius 1 is 0.568 bits per heavy atom. The van der Waals surface area contributed by atoms with Crippen molar-refractivity contribution in [2.45, 2.75) is 114 Å². The first-order chi connectivity index (χ1) is 35.7. The quantitative estimate of drug-likeness (QED) is 0.0906. The van der Waals surface area contributed by atoms with Gasteiger partial charge in [-0.1, -0.05) is 209 Å². The Bertz CT molecular complexity index is 3720. The van der Waals surface area contributed by atoms with E-state index >= 15 is 0 Å². The molecule has 0 radical (unpaired) electrons. The van der Waals surface area contributed by atoms with Crippen LogP contribution in [-0.4, -0.2) is 30.3 Å². The van der Waals surface area contributed by atoms with Gasteiger partial charge >= 0.3 is 0 Å². The number of pyridine rings is 1. The largest absolute Gasteiger partial charge is 0.510 e. The fourth-order valence-corrected chi connectivity index (χ4v) is 25.4. The number of aryl methyl sites for hydroxylation is 2. The maximum atomic E-state index is 6.76. The first-order valence-electron chi connectivity index (χ1n) is 27.2. The first-order valence-corrected chi connectivity index (χ1v) is 32.5. The Hall–Kier alpha value is -6.12. The second-order valence-corrected chi connectivity index (χ2v) is 32.2. The number of imidazole rings is 1. The minimum atomic E-state index is -1.41. The number of rotatable bonds is 7. The van der Waals surface area contributed by atoms with E-state index in [4.69, 9.17) is 9.72 Å². The summed E-state index contributed by atoms with van der Waals surface area (Å²) in [6.45, 7) is 6.73. The van der Waals surface area contributed by atoms with Gasteiger partial charge in [0, 0.05) is 44.3 Å². The molecule has 7 aromatic carbocycles. The molecule has 4 aliphatic rings. The van der Waals surface area contributed by atoms with E-state index in [1.165, 1.54) is 121 Å². The molecule has 3 aromatic heterocycles. The maximum absolute atomic E-state index is 6.76. The van der Waals surface area contributed by atoms with E-state index < -0.39 is 16.1 Å².